The molecular weight excluding hydrogens is 423 g/mol. The van der Waals surface area contributed by atoms with E-state index in [1.54, 1.807) is 30.0 Å². The summed E-state index contributed by atoms with van der Waals surface area (Å²) in [5.41, 5.74) is 1.59. The molecule has 2 aliphatic rings. The minimum atomic E-state index is -4.17. The van der Waals surface area contributed by atoms with Crippen molar-refractivity contribution in [2.75, 3.05) is 25.7 Å². The van der Waals surface area contributed by atoms with E-state index in [0.717, 1.165) is 11.6 Å². The summed E-state index contributed by atoms with van der Waals surface area (Å²) in [6, 6.07) is 8.37. The summed E-state index contributed by atoms with van der Waals surface area (Å²) in [5.74, 6) is -0.327. The van der Waals surface area contributed by atoms with Crippen LogP contribution in [0, 0.1) is 5.82 Å². The molecule has 2 aliphatic heterocycles. The van der Waals surface area contributed by atoms with Gasteiger partial charge < -0.3 is 19.7 Å². The number of anilines is 1. The number of allylic oxidation sites excluding steroid dienone is 1. The van der Waals surface area contributed by atoms with Crippen LogP contribution in [-0.4, -0.2) is 35.1 Å². The molecule has 7 nitrogen and oxygen atoms in total. The Morgan fingerprint density at radius 1 is 1.13 bits per heavy atom. The van der Waals surface area contributed by atoms with Crippen molar-refractivity contribution in [3.8, 4) is 11.5 Å². The highest BCUT2D eigenvalue weighted by Crippen LogP contribution is 2.43. The molecule has 31 heavy (non-hydrogen) atoms. The van der Waals surface area contributed by atoms with E-state index in [4.69, 9.17) is 9.47 Å². The Hall–Kier alpha value is -3.07. The summed E-state index contributed by atoms with van der Waals surface area (Å²) in [6.45, 7) is 2.32. The number of rotatable bonds is 5. The maximum absolute atomic E-state index is 13.9. The van der Waals surface area contributed by atoms with Crippen molar-refractivity contribution in [1.29, 1.82) is 0 Å². The Labute approximate surface area is 180 Å². The Kier molecular flexibility index (Phi) is 5.38. The van der Waals surface area contributed by atoms with Crippen molar-refractivity contribution in [2.45, 2.75) is 30.7 Å². The van der Waals surface area contributed by atoms with Gasteiger partial charge in [-0.05, 0) is 55.7 Å². The number of sulfone groups is 1. The predicted octanol–water partition coefficient (Wildman–Crippen LogP) is 3.32. The van der Waals surface area contributed by atoms with Gasteiger partial charge in [0.15, 0.2) is 16.4 Å². The van der Waals surface area contributed by atoms with Crippen LogP contribution in [0.25, 0.3) is 0 Å². The lowest BCUT2D eigenvalue weighted by molar-refractivity contribution is -0.117. The number of nitrogens with one attached hydrogen (secondary N) is 1. The topological polar surface area (TPSA) is 84.9 Å². The third kappa shape index (κ3) is 3.52. The Morgan fingerprint density at radius 2 is 1.87 bits per heavy atom. The molecule has 0 aromatic heterocycles. The zero-order valence-electron chi connectivity index (χ0n) is 17.4. The first-order valence-electron chi connectivity index (χ1n) is 9.86. The number of benzene rings is 2. The van der Waals surface area contributed by atoms with Crippen LogP contribution >= 0.6 is 0 Å². The van der Waals surface area contributed by atoms with Crippen LogP contribution in [0.1, 0.15) is 31.4 Å². The average molecular weight is 447 g/mol. The second-order valence-electron chi connectivity index (χ2n) is 7.46. The minimum Gasteiger partial charge on any atom is -0.493 e. The van der Waals surface area contributed by atoms with Gasteiger partial charge in [0.25, 0.3) is 5.91 Å². The van der Waals surface area contributed by atoms with E-state index in [2.05, 4.69) is 5.32 Å². The van der Waals surface area contributed by atoms with E-state index < -0.39 is 27.6 Å². The fourth-order valence-corrected chi connectivity index (χ4v) is 5.86. The summed E-state index contributed by atoms with van der Waals surface area (Å²) in [7, 11) is -1.13. The van der Waals surface area contributed by atoms with Crippen LogP contribution < -0.4 is 19.7 Å². The molecule has 1 fully saturated rings. The molecule has 0 aliphatic carbocycles. The van der Waals surface area contributed by atoms with Crippen molar-refractivity contribution >= 4 is 21.4 Å². The smallest absolute Gasteiger partial charge is 0.265 e. The van der Waals surface area contributed by atoms with E-state index in [9.17, 15) is 17.6 Å². The van der Waals surface area contributed by atoms with Gasteiger partial charge in [-0.15, -0.1) is 0 Å². The molecule has 1 atom stereocenters. The first-order chi connectivity index (χ1) is 14.8. The van der Waals surface area contributed by atoms with Crippen LogP contribution in [0.4, 0.5) is 10.1 Å². The van der Waals surface area contributed by atoms with E-state index >= 15 is 0 Å². The lowest BCUT2D eigenvalue weighted by atomic mass is 10.1. The number of nitrogens with zero attached hydrogens (tertiary/aromatic N) is 1. The van der Waals surface area contributed by atoms with Gasteiger partial charge in [-0.3, -0.25) is 4.79 Å². The molecule has 2 aromatic rings. The number of amides is 1. The van der Waals surface area contributed by atoms with Gasteiger partial charge in [0.1, 0.15) is 5.82 Å². The monoisotopic (exact) mass is 446 g/mol. The molecule has 2 heterocycles. The standard InChI is InChI=1S/C22H23FN2O5S/c1-13(14-6-9-18(29-2)19(11-14)30-3)24-22(26)21-17-5-4-10-25(17)16-8-7-15(23)12-20(16)31(21,27)28/h6-9,11-13H,4-5,10H2,1-3H3,(H,24,26). The van der Waals surface area contributed by atoms with E-state index in [1.165, 1.54) is 26.4 Å². The molecule has 9 heteroatoms. The van der Waals surface area contributed by atoms with Gasteiger partial charge in [0.2, 0.25) is 9.84 Å². The maximum Gasteiger partial charge on any atom is 0.265 e. The van der Waals surface area contributed by atoms with Crippen LogP contribution in [0.5, 0.6) is 11.5 Å². The highest BCUT2D eigenvalue weighted by Gasteiger charge is 2.42. The highest BCUT2D eigenvalue weighted by molar-refractivity contribution is 7.96. The third-order valence-corrected chi connectivity index (χ3v) is 7.48. The second kappa shape index (κ2) is 7.88. The summed E-state index contributed by atoms with van der Waals surface area (Å²) >= 11 is 0. The lowest BCUT2D eigenvalue weighted by Crippen LogP contribution is -2.36. The predicted molar refractivity (Wildman–Crippen MR) is 113 cm³/mol. The summed E-state index contributed by atoms with van der Waals surface area (Å²) < 4.78 is 51.0. The summed E-state index contributed by atoms with van der Waals surface area (Å²) in [5, 5.41) is 2.78. The number of carbonyl (C=O) groups is 1. The minimum absolute atomic E-state index is 0.179. The van der Waals surface area contributed by atoms with Gasteiger partial charge in [-0.25, -0.2) is 12.8 Å². The van der Waals surface area contributed by atoms with Crippen molar-refractivity contribution in [1.82, 2.24) is 5.32 Å². The first kappa shape index (κ1) is 21.2. The largest absolute Gasteiger partial charge is 0.493 e. The molecular formula is C22H23FN2O5S. The van der Waals surface area contributed by atoms with Gasteiger partial charge in [0, 0.05) is 12.2 Å². The van der Waals surface area contributed by atoms with Gasteiger partial charge in [0.05, 0.1) is 30.8 Å². The van der Waals surface area contributed by atoms with E-state index in [1.807, 2.05) is 0 Å². The number of fused-ring (bicyclic) bond motifs is 3. The SMILES string of the molecule is COc1ccc(C(C)NC(=O)C2=C3CCCN3c3ccc(F)cc3S2(=O)=O)cc1OC. The molecule has 1 unspecified atom stereocenters. The molecule has 2 aromatic carbocycles. The number of methoxy groups -OCH3 is 2. The highest BCUT2D eigenvalue weighted by atomic mass is 32.2. The maximum atomic E-state index is 13.9. The van der Waals surface area contributed by atoms with Crippen LogP contribution in [0.3, 0.4) is 0 Å². The third-order valence-electron chi connectivity index (χ3n) is 5.62. The Morgan fingerprint density at radius 3 is 2.58 bits per heavy atom. The molecule has 1 N–H and O–H groups in total. The molecule has 0 saturated carbocycles. The van der Waals surface area contributed by atoms with Crippen LogP contribution in [0.15, 0.2) is 51.9 Å². The summed E-state index contributed by atoms with van der Waals surface area (Å²) in [6.07, 6.45) is 1.17. The summed E-state index contributed by atoms with van der Waals surface area (Å²) in [4.78, 5) is 14.5. The fraction of sp³-hybridized carbons (Fsp3) is 0.318. The molecule has 4 rings (SSSR count). The normalized spacial score (nSPS) is 17.6. The van der Waals surface area contributed by atoms with Crippen molar-refractivity contribution in [3.63, 3.8) is 0 Å². The quantitative estimate of drug-likeness (QED) is 0.759. The van der Waals surface area contributed by atoms with Crippen molar-refractivity contribution in [3.05, 3.63) is 58.4 Å². The second-order valence-corrected chi connectivity index (χ2v) is 9.31. The Balaban J connectivity index is 1.70. The van der Waals surface area contributed by atoms with Crippen LogP contribution in [0.2, 0.25) is 0 Å². The number of ether oxygens (including phenoxy) is 2. The Bertz CT molecular complexity index is 1190. The van der Waals surface area contributed by atoms with E-state index in [0.29, 0.717) is 42.3 Å². The lowest BCUT2D eigenvalue weighted by Gasteiger charge is -2.30. The molecule has 1 amide bonds. The molecule has 0 radical (unpaired) electrons. The number of hydrogen-bond acceptors (Lipinski definition) is 6. The van der Waals surface area contributed by atoms with E-state index in [-0.39, 0.29) is 9.80 Å². The molecule has 0 spiro atoms. The van der Waals surface area contributed by atoms with Gasteiger partial charge in [-0.2, -0.15) is 0 Å². The first-order valence-corrected chi connectivity index (χ1v) is 11.3. The zero-order chi connectivity index (χ0) is 22.3. The van der Waals surface area contributed by atoms with Crippen LogP contribution in [-0.2, 0) is 14.6 Å². The van der Waals surface area contributed by atoms with Crippen molar-refractivity contribution in [2.24, 2.45) is 0 Å². The fourth-order valence-electron chi connectivity index (χ4n) is 4.09. The van der Waals surface area contributed by atoms with Crippen molar-refractivity contribution < 1.29 is 27.1 Å². The molecule has 164 valence electrons. The van der Waals surface area contributed by atoms with Gasteiger partial charge in [-0.1, -0.05) is 6.07 Å². The number of hydrogen-bond donors (Lipinski definition) is 1. The average Bonchev–Trinajstić information content (AvgIpc) is 3.21. The molecule has 0 bridgehead atoms. The van der Waals surface area contributed by atoms with Gasteiger partial charge >= 0.3 is 0 Å². The molecule has 1 saturated heterocycles. The number of halogens is 1. The zero-order valence-corrected chi connectivity index (χ0v) is 18.3. The number of carbonyl (C=O) groups excluding carboxylic acids is 1.